The summed E-state index contributed by atoms with van der Waals surface area (Å²) in [4.78, 5) is 0. The number of aliphatic hydroxyl groups excluding tert-OH is 1. The molecule has 86 valence electrons. The number of hydrogen-bond donors (Lipinski definition) is 2. The zero-order valence-electron chi connectivity index (χ0n) is 9.15. The Morgan fingerprint density at radius 3 is 2.60 bits per heavy atom. The van der Waals surface area contributed by atoms with E-state index >= 15 is 0 Å². The van der Waals surface area contributed by atoms with Crippen molar-refractivity contribution in [1.82, 2.24) is 0 Å². The van der Waals surface area contributed by atoms with Crippen molar-refractivity contribution in [1.29, 1.82) is 0 Å². The van der Waals surface area contributed by atoms with Gasteiger partial charge in [0.25, 0.3) is 0 Å². The highest BCUT2D eigenvalue weighted by Gasteiger charge is 2.08. The Labute approximate surface area is 97.9 Å². The zero-order chi connectivity index (χ0) is 10.4. The van der Waals surface area contributed by atoms with Crippen LogP contribution in [0, 0.1) is 0 Å². The van der Waals surface area contributed by atoms with Crippen molar-refractivity contribution in [2.75, 3.05) is 0 Å². The summed E-state index contributed by atoms with van der Waals surface area (Å²) in [5.74, 6) is 0. The van der Waals surface area contributed by atoms with Gasteiger partial charge in [0.2, 0.25) is 0 Å². The monoisotopic (exact) mass is 229 g/mol. The molecule has 0 bridgehead atoms. The van der Waals surface area contributed by atoms with Crippen LogP contribution in [0.5, 0.6) is 0 Å². The third-order valence-corrected chi connectivity index (χ3v) is 2.49. The molecule has 1 aromatic rings. The molecule has 3 heteroatoms. The van der Waals surface area contributed by atoms with Crippen LogP contribution in [-0.2, 0) is 6.61 Å². The molecular formula is C12H20ClNO. The minimum Gasteiger partial charge on any atom is -0.392 e. The molecule has 0 spiro atoms. The van der Waals surface area contributed by atoms with Gasteiger partial charge in [0, 0.05) is 6.04 Å². The zero-order valence-corrected chi connectivity index (χ0v) is 9.96. The van der Waals surface area contributed by atoms with Crippen LogP contribution in [0.4, 0.5) is 0 Å². The Kier molecular flexibility index (Phi) is 7.39. The highest BCUT2D eigenvalue weighted by Crippen LogP contribution is 2.20. The smallest absolute Gasteiger partial charge is 0.0685 e. The maximum absolute atomic E-state index is 9.14. The average Bonchev–Trinajstić information content (AvgIpc) is 2.25. The van der Waals surface area contributed by atoms with E-state index in [0.717, 1.165) is 30.4 Å². The molecule has 0 fully saturated rings. The Hall–Kier alpha value is -0.570. The number of benzene rings is 1. The minimum absolute atomic E-state index is 0. The molecule has 1 aromatic carbocycles. The lowest BCUT2D eigenvalue weighted by Gasteiger charge is -2.14. The summed E-state index contributed by atoms with van der Waals surface area (Å²) in [6, 6.07) is 7.91. The van der Waals surface area contributed by atoms with E-state index in [1.807, 2.05) is 24.3 Å². The molecule has 1 rings (SSSR count). The van der Waals surface area contributed by atoms with Gasteiger partial charge in [-0.25, -0.2) is 0 Å². The van der Waals surface area contributed by atoms with Crippen LogP contribution in [-0.4, -0.2) is 5.11 Å². The molecular weight excluding hydrogens is 210 g/mol. The second-order valence-corrected chi connectivity index (χ2v) is 3.61. The van der Waals surface area contributed by atoms with E-state index in [9.17, 15) is 0 Å². The van der Waals surface area contributed by atoms with E-state index in [1.54, 1.807) is 0 Å². The molecule has 0 radical (unpaired) electrons. The third kappa shape index (κ3) is 4.20. The van der Waals surface area contributed by atoms with E-state index < -0.39 is 0 Å². The number of rotatable bonds is 5. The molecule has 0 saturated carbocycles. The number of unbranched alkanes of at least 4 members (excludes halogenated alkanes) is 1. The molecule has 3 N–H and O–H groups in total. The van der Waals surface area contributed by atoms with Crippen molar-refractivity contribution >= 4 is 12.4 Å². The third-order valence-electron chi connectivity index (χ3n) is 2.49. The van der Waals surface area contributed by atoms with Gasteiger partial charge in [-0.2, -0.15) is 0 Å². The molecule has 0 aromatic heterocycles. The molecule has 0 aliphatic rings. The van der Waals surface area contributed by atoms with Crippen molar-refractivity contribution in [3.63, 3.8) is 0 Å². The highest BCUT2D eigenvalue weighted by molar-refractivity contribution is 5.85. The summed E-state index contributed by atoms with van der Waals surface area (Å²) in [7, 11) is 0. The van der Waals surface area contributed by atoms with Gasteiger partial charge in [-0.15, -0.1) is 12.4 Å². The van der Waals surface area contributed by atoms with Crippen LogP contribution in [0.15, 0.2) is 24.3 Å². The van der Waals surface area contributed by atoms with Gasteiger partial charge in [-0.3, -0.25) is 0 Å². The second kappa shape index (κ2) is 7.69. The fraction of sp³-hybridized carbons (Fsp3) is 0.500. The average molecular weight is 230 g/mol. The summed E-state index contributed by atoms with van der Waals surface area (Å²) >= 11 is 0. The Bertz CT molecular complexity index is 278. The maximum atomic E-state index is 9.14. The lowest BCUT2D eigenvalue weighted by Crippen LogP contribution is -2.12. The fourth-order valence-corrected chi connectivity index (χ4v) is 1.62. The molecule has 2 nitrogen and oxygen atoms in total. The topological polar surface area (TPSA) is 46.2 Å². The predicted molar refractivity (Wildman–Crippen MR) is 66.1 cm³/mol. The molecule has 0 unspecified atom stereocenters. The van der Waals surface area contributed by atoms with Crippen LogP contribution < -0.4 is 5.73 Å². The van der Waals surface area contributed by atoms with E-state index in [-0.39, 0.29) is 25.1 Å². The highest BCUT2D eigenvalue weighted by atomic mass is 35.5. The Morgan fingerprint density at radius 1 is 1.33 bits per heavy atom. The molecule has 0 aliphatic carbocycles. The first-order valence-electron chi connectivity index (χ1n) is 5.23. The molecule has 0 aliphatic heterocycles. The van der Waals surface area contributed by atoms with Gasteiger partial charge in [0.1, 0.15) is 0 Å². The van der Waals surface area contributed by atoms with E-state index in [2.05, 4.69) is 6.92 Å². The quantitative estimate of drug-likeness (QED) is 0.816. The standard InChI is InChI=1S/C12H19NO.ClH/c1-2-3-8-12(13)11-7-5-4-6-10(11)9-14;/h4-7,12,14H,2-3,8-9,13H2,1H3;1H/t12-;/m1./s1. The van der Waals surface area contributed by atoms with Crippen molar-refractivity contribution in [3.8, 4) is 0 Å². The fourth-order valence-electron chi connectivity index (χ4n) is 1.62. The minimum atomic E-state index is 0. The van der Waals surface area contributed by atoms with Crippen molar-refractivity contribution in [2.24, 2.45) is 5.73 Å². The van der Waals surface area contributed by atoms with Crippen LogP contribution in [0.3, 0.4) is 0 Å². The van der Waals surface area contributed by atoms with Gasteiger partial charge in [0.15, 0.2) is 0 Å². The maximum Gasteiger partial charge on any atom is 0.0685 e. The lowest BCUT2D eigenvalue weighted by molar-refractivity contribution is 0.279. The van der Waals surface area contributed by atoms with Gasteiger partial charge in [0.05, 0.1) is 6.61 Å². The first-order valence-corrected chi connectivity index (χ1v) is 5.23. The molecule has 0 heterocycles. The Morgan fingerprint density at radius 2 is 2.00 bits per heavy atom. The van der Waals surface area contributed by atoms with Crippen molar-refractivity contribution in [3.05, 3.63) is 35.4 Å². The molecule has 0 amide bonds. The molecule has 1 atom stereocenters. The predicted octanol–water partition coefficient (Wildman–Crippen LogP) is 2.79. The molecule has 0 saturated heterocycles. The van der Waals surface area contributed by atoms with Crippen LogP contribution in [0.25, 0.3) is 0 Å². The first kappa shape index (κ1) is 14.4. The van der Waals surface area contributed by atoms with Crippen molar-refractivity contribution < 1.29 is 5.11 Å². The van der Waals surface area contributed by atoms with Gasteiger partial charge in [-0.1, -0.05) is 44.0 Å². The van der Waals surface area contributed by atoms with Crippen LogP contribution in [0.1, 0.15) is 43.4 Å². The lowest BCUT2D eigenvalue weighted by atomic mass is 9.97. The Balaban J connectivity index is 0.00000196. The van der Waals surface area contributed by atoms with Crippen LogP contribution in [0.2, 0.25) is 0 Å². The SMILES string of the molecule is CCCC[C@@H](N)c1ccccc1CO.Cl. The van der Waals surface area contributed by atoms with E-state index in [4.69, 9.17) is 10.8 Å². The second-order valence-electron chi connectivity index (χ2n) is 3.61. The molecule has 15 heavy (non-hydrogen) atoms. The number of halogens is 1. The van der Waals surface area contributed by atoms with Crippen LogP contribution >= 0.6 is 12.4 Å². The van der Waals surface area contributed by atoms with Gasteiger partial charge >= 0.3 is 0 Å². The van der Waals surface area contributed by atoms with Gasteiger partial charge < -0.3 is 10.8 Å². The van der Waals surface area contributed by atoms with Gasteiger partial charge in [-0.05, 0) is 17.5 Å². The number of hydrogen-bond acceptors (Lipinski definition) is 2. The summed E-state index contributed by atoms with van der Waals surface area (Å²) in [6.07, 6.45) is 3.30. The number of aliphatic hydroxyl groups is 1. The summed E-state index contributed by atoms with van der Waals surface area (Å²) < 4.78 is 0. The van der Waals surface area contributed by atoms with E-state index in [1.165, 1.54) is 0 Å². The van der Waals surface area contributed by atoms with Crippen molar-refractivity contribution in [2.45, 2.75) is 38.8 Å². The summed E-state index contributed by atoms with van der Waals surface area (Å²) in [5, 5.41) is 9.14. The normalized spacial score (nSPS) is 11.9. The summed E-state index contributed by atoms with van der Waals surface area (Å²) in [5.41, 5.74) is 8.09. The first-order chi connectivity index (χ1) is 6.79. The number of nitrogens with two attached hydrogens (primary N) is 1. The summed E-state index contributed by atoms with van der Waals surface area (Å²) in [6.45, 7) is 2.24. The van der Waals surface area contributed by atoms with E-state index in [0.29, 0.717) is 0 Å². The largest absolute Gasteiger partial charge is 0.392 e.